The first-order chi connectivity index (χ1) is 34.8. The third kappa shape index (κ3) is 18.3. The van der Waals surface area contributed by atoms with Gasteiger partial charge in [-0.25, -0.2) is 0 Å². The van der Waals surface area contributed by atoms with Crippen molar-refractivity contribution in [1.82, 2.24) is 42.5 Å². The van der Waals surface area contributed by atoms with Gasteiger partial charge in [0.1, 0.15) is 72.9 Å². The fraction of sp³-hybridized carbons (Fsp3) is 0.800. The van der Waals surface area contributed by atoms with Gasteiger partial charge < -0.3 is 103 Å². The van der Waals surface area contributed by atoms with Crippen LogP contribution < -0.4 is 48.3 Å². The molecule has 7 unspecified atom stereocenters. The van der Waals surface area contributed by atoms with Crippen LogP contribution in [0.25, 0.3) is 0 Å². The minimum Gasteiger partial charge on any atom is -0.394 e. The van der Waals surface area contributed by atoms with E-state index in [9.17, 15) is 78.9 Å². The van der Waals surface area contributed by atoms with Gasteiger partial charge in [-0.2, -0.15) is 0 Å². The molecule has 2 heterocycles. The number of rotatable bonds is 26. The quantitative estimate of drug-likeness (QED) is 0.0383. The number of primary amides is 1. The van der Waals surface area contributed by atoms with Crippen LogP contribution in [0.4, 0.5) is 0 Å². The molecule has 9 amide bonds. The lowest BCUT2D eigenvalue weighted by molar-refractivity contribution is -0.321. The van der Waals surface area contributed by atoms with E-state index in [1.54, 1.807) is 13.8 Å². The van der Waals surface area contributed by atoms with E-state index in [0.717, 1.165) is 13.8 Å². The number of nitrogens with two attached hydrogens (primary N) is 1. The van der Waals surface area contributed by atoms with Crippen molar-refractivity contribution in [3.63, 3.8) is 0 Å². The molecule has 3 fully saturated rings. The van der Waals surface area contributed by atoms with Gasteiger partial charge in [-0.3, -0.25) is 43.2 Å². The lowest BCUT2D eigenvalue weighted by Crippen LogP contribution is -2.71. The Morgan fingerprint density at radius 1 is 0.662 bits per heavy atom. The van der Waals surface area contributed by atoms with Crippen LogP contribution in [-0.4, -0.2) is 219 Å². The molecule has 74 heavy (non-hydrogen) atoms. The highest BCUT2D eigenvalue weighted by Gasteiger charge is 2.53. The van der Waals surface area contributed by atoms with Gasteiger partial charge >= 0.3 is 0 Å². The maximum absolute atomic E-state index is 14.5. The Hall–Kier alpha value is -5.21. The van der Waals surface area contributed by atoms with Gasteiger partial charge in [0.15, 0.2) is 12.5 Å². The predicted octanol–water partition coefficient (Wildman–Crippen LogP) is -7.65. The van der Waals surface area contributed by atoms with Crippen LogP contribution in [0, 0.1) is 11.8 Å². The Balaban J connectivity index is 2.02. The van der Waals surface area contributed by atoms with Gasteiger partial charge in [-0.1, -0.05) is 6.92 Å². The topological polar surface area (TPSA) is 454 Å². The van der Waals surface area contributed by atoms with Crippen molar-refractivity contribution < 1.29 is 97.8 Å². The summed E-state index contributed by atoms with van der Waals surface area (Å²) >= 11 is 0. The standard InChI is InChI=1S/C45H77N9O20/c1-18(2)71-37-29(17-57)73-45(34(36(37)65)49-22(6)60)74-38-28(16-56)72-44(33(35(38)64)48-21(5)59)53-31(63)14-26(51-42(69)27(15-55)52-39(66)19(3)20(4)58)41(68)54-32(23-8-10-24(61)11-9-23)43(70)50-25(40(67)47-7)12-13-30(46)62/h18-20,23-29,32-38,44-45,55-58,61,64-65H,8-17H2,1-7H3,(H2,46,62)(H,47,67)(H,48,59)(H,49,60)(H,50,70)(H,51,69)(H,52,66)(H,53,63)(H,54,68)/t19-,20?,23?,24?,25-,26-,27+,28?,29?,32?,33?,34?,35+,36?,37+,38+,44+,45-/m0/s1. The molecule has 422 valence electrons. The number of carbonyl (C=O) groups excluding carboxylic acids is 9. The number of amides is 9. The Morgan fingerprint density at radius 2 is 1.20 bits per heavy atom. The molecule has 1 aliphatic carbocycles. The van der Waals surface area contributed by atoms with E-state index >= 15 is 0 Å². The SMILES string of the molecule is CNC(=O)[C@H](CCC(N)=O)NC(=O)C(NC(=O)[C@H](CC(=O)N[C@@H]1OC(CO)[C@@H](O[C@@H]2OC(CO)[C@@H](OC(C)C)C(O)C2NC(C)=O)[C@H](O)C1NC(C)=O)NC(=O)[C@@H](CO)NC(=O)[C@@H](C)C(C)O)C1CCC(O)CC1. The summed E-state index contributed by atoms with van der Waals surface area (Å²) in [6, 6.07) is -9.65. The number of hydrogen-bond acceptors (Lipinski definition) is 20. The molecule has 1 saturated carbocycles. The largest absolute Gasteiger partial charge is 0.394 e. The van der Waals surface area contributed by atoms with Gasteiger partial charge in [0.2, 0.25) is 53.2 Å². The summed E-state index contributed by atoms with van der Waals surface area (Å²) < 4.78 is 23.7. The molecule has 0 aromatic heterocycles. The zero-order valence-electron chi connectivity index (χ0n) is 42.6. The predicted molar refractivity (Wildman–Crippen MR) is 252 cm³/mol. The first kappa shape index (κ1) is 63.1. The second-order valence-electron chi connectivity index (χ2n) is 19.0. The minimum atomic E-state index is -1.99. The van der Waals surface area contributed by atoms with Crippen molar-refractivity contribution in [1.29, 1.82) is 0 Å². The summed E-state index contributed by atoms with van der Waals surface area (Å²) in [5.41, 5.74) is 5.29. The average Bonchev–Trinajstić information content (AvgIpc) is 3.33. The van der Waals surface area contributed by atoms with Gasteiger partial charge in [-0.15, -0.1) is 0 Å². The lowest BCUT2D eigenvalue weighted by atomic mass is 9.82. The summed E-state index contributed by atoms with van der Waals surface area (Å²) in [7, 11) is 1.28. The summed E-state index contributed by atoms with van der Waals surface area (Å²) in [6.07, 6.45) is -15.9. The Bertz CT molecular complexity index is 1930. The van der Waals surface area contributed by atoms with Gasteiger partial charge in [0.25, 0.3) is 0 Å². The zero-order valence-corrected chi connectivity index (χ0v) is 42.6. The molecule has 0 spiro atoms. The molecule has 3 aliphatic rings. The number of likely N-dealkylation sites (N-methyl/N-ethyl adjacent to an activating group) is 1. The lowest BCUT2D eigenvalue weighted by Gasteiger charge is -2.49. The molecule has 0 radical (unpaired) electrons. The third-order valence-electron chi connectivity index (χ3n) is 12.8. The van der Waals surface area contributed by atoms with Crippen molar-refractivity contribution >= 4 is 53.2 Å². The fourth-order valence-corrected chi connectivity index (χ4v) is 8.68. The van der Waals surface area contributed by atoms with Crippen molar-refractivity contribution in [3.05, 3.63) is 0 Å². The molecular formula is C45H77N9O20. The van der Waals surface area contributed by atoms with E-state index in [0.29, 0.717) is 0 Å². The van der Waals surface area contributed by atoms with Crippen molar-refractivity contribution in [2.45, 2.75) is 190 Å². The average molecular weight is 1060 g/mol. The van der Waals surface area contributed by atoms with Crippen LogP contribution in [-0.2, 0) is 62.1 Å². The van der Waals surface area contributed by atoms with Crippen molar-refractivity contribution in [2.24, 2.45) is 17.6 Å². The zero-order chi connectivity index (χ0) is 55.7. The molecule has 2 aliphatic heterocycles. The maximum atomic E-state index is 14.5. The number of aliphatic hydroxyl groups is 7. The monoisotopic (exact) mass is 1060 g/mol. The van der Waals surface area contributed by atoms with Gasteiger partial charge in [0, 0.05) is 27.3 Å². The van der Waals surface area contributed by atoms with E-state index in [-0.39, 0.29) is 38.5 Å². The van der Waals surface area contributed by atoms with Gasteiger partial charge in [0.05, 0.1) is 50.5 Å². The minimum absolute atomic E-state index is 0.169. The number of hydrogen-bond donors (Lipinski definition) is 16. The highest BCUT2D eigenvalue weighted by atomic mass is 16.7. The molecule has 29 heteroatoms. The normalized spacial score (nSPS) is 29.4. The summed E-state index contributed by atoms with van der Waals surface area (Å²) in [6.45, 7) is 5.44. The van der Waals surface area contributed by atoms with Crippen LogP contribution >= 0.6 is 0 Å². The number of ether oxygens (including phenoxy) is 4. The highest BCUT2D eigenvalue weighted by molar-refractivity contribution is 5.97. The summed E-state index contributed by atoms with van der Waals surface area (Å²) in [5, 5.41) is 93.6. The van der Waals surface area contributed by atoms with E-state index in [1.165, 1.54) is 20.9 Å². The highest BCUT2D eigenvalue weighted by Crippen LogP contribution is 2.31. The fourth-order valence-electron chi connectivity index (χ4n) is 8.68. The Morgan fingerprint density at radius 3 is 1.73 bits per heavy atom. The van der Waals surface area contributed by atoms with E-state index < -0.39 is 195 Å². The molecule has 29 nitrogen and oxygen atoms in total. The molecule has 17 N–H and O–H groups in total. The van der Waals surface area contributed by atoms with Crippen LogP contribution in [0.3, 0.4) is 0 Å². The van der Waals surface area contributed by atoms with Crippen LogP contribution in [0.15, 0.2) is 0 Å². The number of aliphatic hydroxyl groups excluding tert-OH is 7. The molecule has 3 rings (SSSR count). The van der Waals surface area contributed by atoms with E-state index in [1.807, 2.05) is 0 Å². The molecular weight excluding hydrogens is 987 g/mol. The molecule has 0 bridgehead atoms. The number of carbonyl (C=O) groups is 9. The summed E-state index contributed by atoms with van der Waals surface area (Å²) in [5.74, 6) is -10.1. The number of nitrogens with one attached hydrogen (secondary N) is 8. The van der Waals surface area contributed by atoms with Crippen molar-refractivity contribution in [3.8, 4) is 0 Å². The van der Waals surface area contributed by atoms with Crippen molar-refractivity contribution in [2.75, 3.05) is 26.9 Å². The first-order valence-corrected chi connectivity index (χ1v) is 24.5. The second-order valence-corrected chi connectivity index (χ2v) is 19.0. The summed E-state index contributed by atoms with van der Waals surface area (Å²) in [4.78, 5) is 119. The van der Waals surface area contributed by atoms with Gasteiger partial charge in [-0.05, 0) is 58.8 Å². The first-order valence-electron chi connectivity index (χ1n) is 24.5. The van der Waals surface area contributed by atoms with E-state index in [4.69, 9.17) is 24.7 Å². The van der Waals surface area contributed by atoms with Crippen LogP contribution in [0.2, 0.25) is 0 Å². The maximum Gasteiger partial charge on any atom is 0.245 e. The van der Waals surface area contributed by atoms with Crippen LogP contribution in [0.5, 0.6) is 0 Å². The van der Waals surface area contributed by atoms with E-state index in [2.05, 4.69) is 42.5 Å². The second kappa shape index (κ2) is 29.8. The molecule has 0 aromatic rings. The van der Waals surface area contributed by atoms with Crippen LogP contribution in [0.1, 0.15) is 86.5 Å². The Kier molecular flexibility index (Phi) is 25.4. The molecule has 0 aromatic carbocycles. The molecule has 16 atom stereocenters. The molecule has 2 saturated heterocycles. The Labute approximate surface area is 427 Å². The third-order valence-corrected chi connectivity index (χ3v) is 12.8. The smallest absolute Gasteiger partial charge is 0.245 e.